The van der Waals surface area contributed by atoms with Crippen molar-refractivity contribution in [1.82, 2.24) is 4.90 Å². The molecular weight excluding hydrogens is 226 g/mol. The molecule has 2 fully saturated rings. The molecule has 0 amide bonds. The van der Waals surface area contributed by atoms with Crippen molar-refractivity contribution in [3.8, 4) is 0 Å². The van der Waals surface area contributed by atoms with Crippen molar-refractivity contribution < 1.29 is 0 Å². The van der Waals surface area contributed by atoms with Gasteiger partial charge in [0.15, 0.2) is 0 Å². The lowest BCUT2D eigenvalue weighted by molar-refractivity contribution is 0.165. The van der Waals surface area contributed by atoms with Gasteiger partial charge in [-0.1, -0.05) is 15.9 Å². The third-order valence-corrected chi connectivity index (χ3v) is 4.93. The average Bonchev–Trinajstić information content (AvgIpc) is 2.49. The Morgan fingerprint density at radius 2 is 2.00 bits per heavy atom. The van der Waals surface area contributed by atoms with Gasteiger partial charge in [0.1, 0.15) is 0 Å². The van der Waals surface area contributed by atoms with E-state index in [2.05, 4.69) is 27.9 Å². The highest BCUT2D eigenvalue weighted by Crippen LogP contribution is 2.45. The molecule has 1 heterocycles. The van der Waals surface area contributed by atoms with Crippen LogP contribution in [0.5, 0.6) is 0 Å². The molecule has 1 saturated heterocycles. The zero-order valence-electron chi connectivity index (χ0n) is 8.56. The lowest BCUT2D eigenvalue weighted by atomic mass is 9.70. The number of rotatable bonds is 1. The molecule has 76 valence electrons. The van der Waals surface area contributed by atoms with E-state index in [0.717, 1.165) is 11.3 Å². The van der Waals surface area contributed by atoms with Gasteiger partial charge in [0.2, 0.25) is 0 Å². The predicted molar refractivity (Wildman–Crippen MR) is 60.3 cm³/mol. The lowest BCUT2D eigenvalue weighted by Gasteiger charge is -2.36. The first-order valence-electron chi connectivity index (χ1n) is 5.49. The zero-order chi connectivity index (χ0) is 9.31. The van der Waals surface area contributed by atoms with Crippen LogP contribution in [0.1, 0.15) is 32.1 Å². The van der Waals surface area contributed by atoms with Crippen molar-refractivity contribution in [2.24, 2.45) is 11.3 Å². The first kappa shape index (κ1) is 9.97. The van der Waals surface area contributed by atoms with E-state index in [1.165, 1.54) is 50.5 Å². The lowest BCUT2D eigenvalue weighted by Crippen LogP contribution is -2.30. The van der Waals surface area contributed by atoms with Crippen molar-refractivity contribution in [2.75, 3.05) is 25.5 Å². The molecule has 0 aromatic carbocycles. The summed E-state index contributed by atoms with van der Waals surface area (Å²) >= 11 is 3.61. The van der Waals surface area contributed by atoms with Gasteiger partial charge in [0, 0.05) is 11.9 Å². The minimum Gasteiger partial charge on any atom is -0.306 e. The fourth-order valence-electron chi connectivity index (χ4n) is 3.01. The van der Waals surface area contributed by atoms with Gasteiger partial charge in [0.05, 0.1) is 0 Å². The topological polar surface area (TPSA) is 3.24 Å². The van der Waals surface area contributed by atoms with Gasteiger partial charge in [-0.2, -0.15) is 0 Å². The second-order valence-electron chi connectivity index (χ2n) is 5.09. The number of hydrogen-bond acceptors (Lipinski definition) is 1. The number of hydrogen-bond donors (Lipinski definition) is 0. The smallest absolute Gasteiger partial charge is 0.00596 e. The van der Waals surface area contributed by atoms with Crippen LogP contribution >= 0.6 is 15.9 Å². The average molecular weight is 246 g/mol. The molecule has 1 aliphatic carbocycles. The van der Waals surface area contributed by atoms with Crippen LogP contribution in [-0.4, -0.2) is 30.4 Å². The predicted octanol–water partition coefficient (Wildman–Crippen LogP) is 2.89. The molecule has 13 heavy (non-hydrogen) atoms. The summed E-state index contributed by atoms with van der Waals surface area (Å²) in [5, 5.41) is 1.22. The second-order valence-corrected chi connectivity index (χ2v) is 5.73. The highest BCUT2D eigenvalue weighted by atomic mass is 79.9. The van der Waals surface area contributed by atoms with Gasteiger partial charge in [-0.3, -0.25) is 0 Å². The summed E-state index contributed by atoms with van der Waals surface area (Å²) in [6, 6.07) is 0. The number of halogens is 1. The van der Waals surface area contributed by atoms with E-state index in [-0.39, 0.29) is 0 Å². The molecule has 0 N–H and O–H groups in total. The number of likely N-dealkylation sites (tertiary alicyclic amines) is 1. The Bertz CT molecular complexity index is 173. The van der Waals surface area contributed by atoms with Crippen LogP contribution in [0.15, 0.2) is 0 Å². The summed E-state index contributed by atoms with van der Waals surface area (Å²) in [4.78, 5) is 2.51. The molecule has 0 bridgehead atoms. The van der Waals surface area contributed by atoms with E-state index in [4.69, 9.17) is 0 Å². The van der Waals surface area contributed by atoms with Crippen LogP contribution in [0.4, 0.5) is 0 Å². The first-order valence-corrected chi connectivity index (χ1v) is 6.61. The quantitative estimate of drug-likeness (QED) is 0.643. The summed E-state index contributed by atoms with van der Waals surface area (Å²) in [7, 11) is 2.27. The minimum absolute atomic E-state index is 0.730. The first-order chi connectivity index (χ1) is 6.24. The van der Waals surface area contributed by atoms with Gasteiger partial charge in [-0.15, -0.1) is 0 Å². The molecule has 1 nitrogen and oxygen atoms in total. The molecule has 1 spiro atoms. The molecule has 2 aliphatic rings. The van der Waals surface area contributed by atoms with Crippen molar-refractivity contribution >= 4 is 15.9 Å². The van der Waals surface area contributed by atoms with Crippen LogP contribution in [-0.2, 0) is 0 Å². The Morgan fingerprint density at radius 1 is 1.31 bits per heavy atom. The van der Waals surface area contributed by atoms with Crippen molar-refractivity contribution in [1.29, 1.82) is 0 Å². The Kier molecular flexibility index (Phi) is 2.99. The summed E-state index contributed by atoms with van der Waals surface area (Å²) < 4.78 is 0. The van der Waals surface area contributed by atoms with Crippen molar-refractivity contribution in [3.05, 3.63) is 0 Å². The summed E-state index contributed by atoms with van der Waals surface area (Å²) in [6.45, 7) is 2.70. The van der Waals surface area contributed by atoms with Gasteiger partial charge < -0.3 is 4.90 Å². The normalized spacial score (nSPS) is 41.5. The molecular formula is C11H20BrN. The maximum absolute atomic E-state index is 3.61. The summed E-state index contributed by atoms with van der Waals surface area (Å²) in [6.07, 6.45) is 7.33. The maximum Gasteiger partial charge on any atom is 0.00596 e. The van der Waals surface area contributed by atoms with Gasteiger partial charge in [0.25, 0.3) is 0 Å². The fourth-order valence-corrected chi connectivity index (χ4v) is 3.66. The second kappa shape index (κ2) is 3.90. The third kappa shape index (κ3) is 2.10. The van der Waals surface area contributed by atoms with Crippen LogP contribution in [0.2, 0.25) is 0 Å². The third-order valence-electron chi connectivity index (χ3n) is 4.01. The number of alkyl halides is 1. The van der Waals surface area contributed by atoms with E-state index < -0.39 is 0 Å². The van der Waals surface area contributed by atoms with Crippen LogP contribution in [0.25, 0.3) is 0 Å². The van der Waals surface area contributed by atoms with E-state index >= 15 is 0 Å². The van der Waals surface area contributed by atoms with Gasteiger partial charge in [-0.25, -0.2) is 0 Å². The van der Waals surface area contributed by atoms with Crippen LogP contribution in [0.3, 0.4) is 0 Å². The van der Waals surface area contributed by atoms with Gasteiger partial charge in [-0.05, 0) is 57.0 Å². The van der Waals surface area contributed by atoms with Crippen LogP contribution < -0.4 is 0 Å². The van der Waals surface area contributed by atoms with E-state index in [9.17, 15) is 0 Å². The highest BCUT2D eigenvalue weighted by Gasteiger charge is 2.39. The standard InChI is InChI=1S/C11H20BrN/c1-13-7-6-11(9-13)4-2-10(8-12)3-5-11/h10H,2-9H2,1H3. The largest absolute Gasteiger partial charge is 0.306 e. The SMILES string of the molecule is CN1CCC2(CCC(CBr)CC2)C1. The Morgan fingerprint density at radius 3 is 2.46 bits per heavy atom. The molecule has 2 rings (SSSR count). The van der Waals surface area contributed by atoms with Crippen molar-refractivity contribution in [3.63, 3.8) is 0 Å². The molecule has 1 aliphatic heterocycles. The highest BCUT2D eigenvalue weighted by molar-refractivity contribution is 9.09. The van der Waals surface area contributed by atoms with Crippen LogP contribution in [0, 0.1) is 11.3 Å². The summed E-state index contributed by atoms with van der Waals surface area (Å²) in [5.74, 6) is 0.969. The van der Waals surface area contributed by atoms with Gasteiger partial charge >= 0.3 is 0 Å². The van der Waals surface area contributed by atoms with E-state index in [0.29, 0.717) is 0 Å². The molecule has 0 atom stereocenters. The fraction of sp³-hybridized carbons (Fsp3) is 1.00. The van der Waals surface area contributed by atoms with E-state index in [1.54, 1.807) is 0 Å². The molecule has 0 aromatic heterocycles. The maximum atomic E-state index is 3.61. The van der Waals surface area contributed by atoms with Crippen molar-refractivity contribution in [2.45, 2.75) is 32.1 Å². The minimum atomic E-state index is 0.730. The molecule has 1 saturated carbocycles. The zero-order valence-corrected chi connectivity index (χ0v) is 10.1. The number of nitrogens with zero attached hydrogens (tertiary/aromatic N) is 1. The van der Waals surface area contributed by atoms with E-state index in [1.807, 2.05) is 0 Å². The Balaban J connectivity index is 1.90. The molecule has 0 aromatic rings. The molecule has 0 unspecified atom stereocenters. The Labute approximate surface area is 90.0 Å². The monoisotopic (exact) mass is 245 g/mol. The summed E-state index contributed by atoms with van der Waals surface area (Å²) in [5.41, 5.74) is 0.730. The molecule has 0 radical (unpaired) electrons. The Hall–Kier alpha value is 0.440. The molecule has 2 heteroatoms.